The Balaban J connectivity index is 1.30. The van der Waals surface area contributed by atoms with Crippen LogP contribution in [0.1, 0.15) is 26.3 Å². The lowest BCUT2D eigenvalue weighted by Gasteiger charge is -2.36. The third-order valence-corrected chi connectivity index (χ3v) is 6.83. The van der Waals surface area contributed by atoms with Crippen molar-refractivity contribution in [1.82, 2.24) is 10.3 Å². The van der Waals surface area contributed by atoms with E-state index in [0.717, 1.165) is 22.0 Å². The van der Waals surface area contributed by atoms with E-state index in [9.17, 15) is 19.1 Å². The van der Waals surface area contributed by atoms with Crippen LogP contribution in [0.15, 0.2) is 84.0 Å². The molecular weight excluding hydrogens is 507 g/mol. The first-order valence-electron chi connectivity index (χ1n) is 12.0. The Morgan fingerprint density at radius 3 is 2.34 bits per heavy atom. The second kappa shape index (κ2) is 10.9. The number of phenolic OH excluding ortho intramolecular Hbond substituents is 1. The molecule has 1 saturated heterocycles. The van der Waals surface area contributed by atoms with Crippen molar-refractivity contribution in [3.05, 3.63) is 106 Å². The Morgan fingerprint density at radius 2 is 1.63 bits per heavy atom. The lowest BCUT2D eigenvalue weighted by molar-refractivity contribution is 0.0748. The van der Waals surface area contributed by atoms with Gasteiger partial charge in [-0.1, -0.05) is 41.9 Å². The number of amides is 2. The van der Waals surface area contributed by atoms with Crippen molar-refractivity contribution < 1.29 is 19.1 Å². The number of carbonyl (C=O) groups is 2. The minimum Gasteiger partial charge on any atom is -0.506 e. The molecule has 1 aliphatic rings. The maximum atomic E-state index is 13.5. The van der Waals surface area contributed by atoms with Crippen molar-refractivity contribution in [2.75, 3.05) is 31.1 Å². The number of benzene rings is 4. The monoisotopic (exact) mass is 530 g/mol. The van der Waals surface area contributed by atoms with Crippen LogP contribution in [0.25, 0.3) is 10.8 Å². The molecule has 1 fully saturated rings. The Morgan fingerprint density at radius 1 is 0.921 bits per heavy atom. The fourth-order valence-electron chi connectivity index (χ4n) is 4.48. The van der Waals surface area contributed by atoms with Gasteiger partial charge in [-0.2, -0.15) is 5.10 Å². The van der Waals surface area contributed by atoms with Crippen LogP contribution in [0.3, 0.4) is 0 Å². The van der Waals surface area contributed by atoms with Crippen molar-refractivity contribution in [2.24, 2.45) is 5.10 Å². The molecular formula is C29H24ClFN4O3. The summed E-state index contributed by atoms with van der Waals surface area (Å²) in [5.41, 5.74) is 4.99. The number of aromatic hydroxyl groups is 1. The Bertz CT molecular complexity index is 1530. The lowest BCUT2D eigenvalue weighted by Crippen LogP contribution is -2.48. The van der Waals surface area contributed by atoms with E-state index in [1.54, 1.807) is 24.3 Å². The minimum atomic E-state index is -0.473. The van der Waals surface area contributed by atoms with E-state index in [4.69, 9.17) is 11.6 Å². The maximum absolute atomic E-state index is 13.5. The van der Waals surface area contributed by atoms with Crippen molar-refractivity contribution in [2.45, 2.75) is 0 Å². The number of nitrogens with one attached hydrogen (secondary N) is 1. The Labute approximate surface area is 223 Å². The summed E-state index contributed by atoms with van der Waals surface area (Å²) in [6.07, 6.45) is 1.53. The van der Waals surface area contributed by atoms with Crippen molar-refractivity contribution >= 4 is 46.1 Å². The van der Waals surface area contributed by atoms with Crippen LogP contribution in [0.4, 0.5) is 10.1 Å². The number of hydrazone groups is 1. The number of phenols is 1. The smallest absolute Gasteiger partial charge is 0.271 e. The third-order valence-electron chi connectivity index (χ3n) is 6.53. The molecule has 0 atom stereocenters. The van der Waals surface area contributed by atoms with Gasteiger partial charge in [0.1, 0.15) is 11.6 Å². The topological polar surface area (TPSA) is 85.2 Å². The third kappa shape index (κ3) is 5.31. The number of hydrogen-bond donors (Lipinski definition) is 2. The van der Waals surface area contributed by atoms with Gasteiger partial charge in [0.25, 0.3) is 11.8 Å². The molecule has 2 amide bonds. The summed E-state index contributed by atoms with van der Waals surface area (Å²) in [6.45, 7) is 2.43. The predicted molar refractivity (Wildman–Crippen MR) is 147 cm³/mol. The molecule has 9 heteroatoms. The van der Waals surface area contributed by atoms with E-state index < -0.39 is 5.91 Å². The molecule has 192 valence electrons. The average Bonchev–Trinajstić information content (AvgIpc) is 2.94. The number of anilines is 1. The van der Waals surface area contributed by atoms with Gasteiger partial charge in [-0.3, -0.25) is 9.59 Å². The molecule has 0 radical (unpaired) electrons. The highest BCUT2D eigenvalue weighted by Gasteiger charge is 2.24. The van der Waals surface area contributed by atoms with Crippen LogP contribution in [-0.2, 0) is 0 Å². The fraction of sp³-hybridized carbons (Fsp3) is 0.138. The zero-order valence-corrected chi connectivity index (χ0v) is 21.0. The van der Waals surface area contributed by atoms with Gasteiger partial charge in [-0.15, -0.1) is 0 Å². The largest absolute Gasteiger partial charge is 0.506 e. The molecule has 0 spiro atoms. The summed E-state index contributed by atoms with van der Waals surface area (Å²) in [4.78, 5) is 29.8. The number of halogens is 2. The highest BCUT2D eigenvalue weighted by molar-refractivity contribution is 6.32. The molecule has 7 nitrogen and oxygen atoms in total. The molecule has 5 rings (SSSR count). The van der Waals surface area contributed by atoms with Crippen molar-refractivity contribution in [3.63, 3.8) is 0 Å². The van der Waals surface area contributed by atoms with E-state index in [1.807, 2.05) is 29.2 Å². The maximum Gasteiger partial charge on any atom is 0.271 e. The molecule has 1 heterocycles. The van der Waals surface area contributed by atoms with Crippen molar-refractivity contribution in [1.29, 1.82) is 0 Å². The Hall–Kier alpha value is -4.43. The van der Waals surface area contributed by atoms with Gasteiger partial charge in [0.15, 0.2) is 0 Å². The van der Waals surface area contributed by atoms with E-state index in [-0.39, 0.29) is 28.1 Å². The summed E-state index contributed by atoms with van der Waals surface area (Å²) < 4.78 is 13.3. The van der Waals surface area contributed by atoms with E-state index in [2.05, 4.69) is 15.4 Å². The zero-order chi connectivity index (χ0) is 26.6. The molecule has 0 unspecified atom stereocenters. The van der Waals surface area contributed by atoms with Crippen LogP contribution in [0, 0.1) is 5.82 Å². The molecule has 0 aromatic heterocycles. The van der Waals surface area contributed by atoms with Crippen LogP contribution >= 0.6 is 11.6 Å². The summed E-state index contributed by atoms with van der Waals surface area (Å²) in [5, 5.41) is 15.3. The highest BCUT2D eigenvalue weighted by atomic mass is 35.5. The van der Waals surface area contributed by atoms with Gasteiger partial charge in [0.05, 0.1) is 11.2 Å². The molecule has 4 aromatic carbocycles. The van der Waals surface area contributed by atoms with Crippen LogP contribution in [0.2, 0.25) is 5.02 Å². The second-order valence-electron chi connectivity index (χ2n) is 8.87. The molecule has 2 N–H and O–H groups in total. The number of hydrogen-bond acceptors (Lipinski definition) is 5. The molecule has 0 aliphatic carbocycles. The molecule has 4 aromatic rings. The number of piperazine rings is 1. The number of fused-ring (bicyclic) bond motifs is 1. The molecule has 0 saturated carbocycles. The fourth-order valence-corrected chi connectivity index (χ4v) is 4.67. The van der Waals surface area contributed by atoms with E-state index in [0.29, 0.717) is 31.7 Å². The zero-order valence-electron chi connectivity index (χ0n) is 20.3. The Kier molecular flexibility index (Phi) is 7.24. The normalized spacial score (nSPS) is 13.7. The molecule has 0 bridgehead atoms. The number of nitrogens with zero attached hydrogens (tertiary/aromatic N) is 3. The second-order valence-corrected chi connectivity index (χ2v) is 9.28. The summed E-state index contributed by atoms with van der Waals surface area (Å²) >= 11 is 5.88. The van der Waals surface area contributed by atoms with Gasteiger partial charge in [0.2, 0.25) is 0 Å². The summed E-state index contributed by atoms with van der Waals surface area (Å²) in [7, 11) is 0. The van der Waals surface area contributed by atoms with Gasteiger partial charge in [0, 0.05) is 48.6 Å². The molecule has 38 heavy (non-hydrogen) atoms. The highest BCUT2D eigenvalue weighted by Crippen LogP contribution is 2.25. The quantitative estimate of drug-likeness (QED) is 0.279. The van der Waals surface area contributed by atoms with Gasteiger partial charge < -0.3 is 14.9 Å². The number of rotatable bonds is 5. The summed E-state index contributed by atoms with van der Waals surface area (Å²) in [5.74, 6) is -0.907. The van der Waals surface area contributed by atoms with Crippen LogP contribution < -0.4 is 10.3 Å². The van der Waals surface area contributed by atoms with Crippen LogP contribution in [-0.4, -0.2) is 54.2 Å². The van der Waals surface area contributed by atoms with Gasteiger partial charge in [-0.05, 0) is 59.3 Å². The van der Waals surface area contributed by atoms with Crippen LogP contribution in [0.5, 0.6) is 5.75 Å². The lowest BCUT2D eigenvalue weighted by atomic mass is 9.99. The first kappa shape index (κ1) is 25.2. The molecule has 1 aliphatic heterocycles. The standard InChI is InChI=1S/C29H24ClFN4O3/c30-26-17-19(6-12-27(26)36)28(37)33-32-18-20-5-11-25(24-4-2-1-3-23(20)24)29(38)35-15-13-34(14-16-35)22-9-7-21(31)8-10-22/h1-12,17-18,36H,13-16H2,(H,33,37)/b32-18+. The first-order valence-corrected chi connectivity index (χ1v) is 12.4. The predicted octanol–water partition coefficient (Wildman–Crippen LogP) is 5.06. The SMILES string of the molecule is O=C(N/N=C/c1ccc(C(=O)N2CCN(c3ccc(F)cc3)CC2)c2ccccc12)c1ccc(O)c(Cl)c1. The first-order chi connectivity index (χ1) is 18.4. The average molecular weight is 531 g/mol. The summed E-state index contributed by atoms with van der Waals surface area (Å²) in [6, 6.07) is 21.7. The van der Waals surface area contributed by atoms with Crippen molar-refractivity contribution in [3.8, 4) is 5.75 Å². The van der Waals surface area contributed by atoms with E-state index in [1.165, 1.54) is 36.5 Å². The van der Waals surface area contributed by atoms with Gasteiger partial charge >= 0.3 is 0 Å². The van der Waals surface area contributed by atoms with E-state index >= 15 is 0 Å². The minimum absolute atomic E-state index is 0.0547. The van der Waals surface area contributed by atoms with Gasteiger partial charge in [-0.25, -0.2) is 9.82 Å². The number of carbonyl (C=O) groups excluding carboxylic acids is 2.